The van der Waals surface area contributed by atoms with Crippen molar-refractivity contribution in [2.75, 3.05) is 51.7 Å². The zero-order chi connectivity index (χ0) is 20.5. The Bertz CT molecular complexity index is 794. The second-order valence-corrected chi connectivity index (χ2v) is 7.11. The Balaban J connectivity index is 0.00000320. The van der Waals surface area contributed by atoms with Crippen LogP contribution in [-0.2, 0) is 11.3 Å². The molecule has 0 radical (unpaired) electrons. The first-order chi connectivity index (χ1) is 14.1. The molecule has 1 fully saturated rings. The normalized spacial score (nSPS) is 14.1. The van der Waals surface area contributed by atoms with Crippen molar-refractivity contribution in [3.8, 4) is 0 Å². The number of halogens is 1. The van der Waals surface area contributed by atoms with Gasteiger partial charge in [-0.15, -0.1) is 24.0 Å². The number of rotatable bonds is 6. The Morgan fingerprint density at radius 2 is 1.73 bits per heavy atom. The third-order valence-electron chi connectivity index (χ3n) is 4.77. The van der Waals surface area contributed by atoms with E-state index in [0.717, 1.165) is 30.6 Å². The number of benzene rings is 1. The van der Waals surface area contributed by atoms with E-state index in [4.69, 9.17) is 0 Å². The van der Waals surface area contributed by atoms with Gasteiger partial charge in [0.15, 0.2) is 5.96 Å². The minimum Gasteiger partial charge on any atom is -0.356 e. The average molecular weight is 523 g/mol. The summed E-state index contributed by atoms with van der Waals surface area (Å²) in [5, 5.41) is 3.29. The van der Waals surface area contributed by atoms with Gasteiger partial charge in [0.2, 0.25) is 11.9 Å². The van der Waals surface area contributed by atoms with Crippen LogP contribution in [0.15, 0.2) is 53.8 Å². The highest BCUT2D eigenvalue weighted by Crippen LogP contribution is 2.10. The van der Waals surface area contributed by atoms with Gasteiger partial charge in [-0.3, -0.25) is 4.79 Å². The number of nitrogens with zero attached hydrogens (tertiary/aromatic N) is 6. The summed E-state index contributed by atoms with van der Waals surface area (Å²) < 4.78 is 0. The van der Waals surface area contributed by atoms with E-state index in [1.807, 2.05) is 42.1 Å². The molecule has 0 saturated carbocycles. The predicted octanol–water partition coefficient (Wildman–Crippen LogP) is 1.84. The zero-order valence-corrected chi connectivity index (χ0v) is 19.9. The molecule has 0 bridgehead atoms. The quantitative estimate of drug-likeness (QED) is 0.354. The number of aromatic nitrogens is 2. The molecule has 162 valence electrons. The van der Waals surface area contributed by atoms with Crippen LogP contribution in [0.3, 0.4) is 0 Å². The number of anilines is 1. The maximum absolute atomic E-state index is 12.6. The lowest BCUT2D eigenvalue weighted by Crippen LogP contribution is -2.50. The fourth-order valence-electron chi connectivity index (χ4n) is 3.15. The van der Waals surface area contributed by atoms with E-state index in [2.05, 4.69) is 37.3 Å². The summed E-state index contributed by atoms with van der Waals surface area (Å²) in [6.45, 7) is 4.07. The number of carbonyl (C=O) groups is 1. The van der Waals surface area contributed by atoms with Gasteiger partial charge in [0.05, 0.1) is 6.54 Å². The van der Waals surface area contributed by atoms with Crippen LogP contribution in [-0.4, -0.2) is 78.5 Å². The van der Waals surface area contributed by atoms with Crippen molar-refractivity contribution in [3.63, 3.8) is 0 Å². The summed E-state index contributed by atoms with van der Waals surface area (Å²) in [4.78, 5) is 31.7. The van der Waals surface area contributed by atoms with Crippen LogP contribution in [0.25, 0.3) is 0 Å². The van der Waals surface area contributed by atoms with E-state index >= 15 is 0 Å². The summed E-state index contributed by atoms with van der Waals surface area (Å²) >= 11 is 0. The molecule has 30 heavy (non-hydrogen) atoms. The second-order valence-electron chi connectivity index (χ2n) is 7.11. The molecule has 2 heterocycles. The third kappa shape index (κ3) is 7.12. The molecule has 1 aliphatic heterocycles. The lowest BCUT2D eigenvalue weighted by Gasteiger charge is -2.34. The standard InChI is InChI=1S/C21H29N7O.HI/c1-26(2)20(25-17-18-7-4-3-5-8-18)24-12-9-19(29)27-13-15-28(16-14-27)21-22-10-6-11-23-21;/h3-8,10-11H,9,12-17H2,1-2H3,(H,24,25);1H. The molecule has 1 amide bonds. The van der Waals surface area contributed by atoms with Crippen molar-refractivity contribution in [1.82, 2.24) is 25.1 Å². The van der Waals surface area contributed by atoms with Gasteiger partial charge >= 0.3 is 0 Å². The largest absolute Gasteiger partial charge is 0.356 e. The summed E-state index contributed by atoms with van der Waals surface area (Å²) in [6, 6.07) is 11.9. The van der Waals surface area contributed by atoms with Gasteiger partial charge in [-0.1, -0.05) is 30.3 Å². The number of amides is 1. The fraction of sp³-hybridized carbons (Fsp3) is 0.429. The lowest BCUT2D eigenvalue weighted by molar-refractivity contribution is -0.131. The number of aliphatic imine (C=N–C) groups is 1. The molecular weight excluding hydrogens is 493 g/mol. The SMILES string of the molecule is CN(C)C(=NCc1ccccc1)NCCC(=O)N1CCN(c2ncccn2)CC1.I. The van der Waals surface area contributed by atoms with Gasteiger partial charge in [-0.2, -0.15) is 0 Å². The maximum atomic E-state index is 12.6. The average Bonchev–Trinajstić information content (AvgIpc) is 2.77. The molecule has 1 aromatic heterocycles. The molecule has 8 nitrogen and oxygen atoms in total. The number of guanidine groups is 1. The van der Waals surface area contributed by atoms with Gasteiger partial charge < -0.3 is 20.0 Å². The van der Waals surface area contributed by atoms with Crippen molar-refractivity contribution in [1.29, 1.82) is 0 Å². The second kappa shape index (κ2) is 12.3. The highest BCUT2D eigenvalue weighted by atomic mass is 127. The molecular formula is C21H30IN7O. The highest BCUT2D eigenvalue weighted by Gasteiger charge is 2.22. The topological polar surface area (TPSA) is 77.0 Å². The van der Waals surface area contributed by atoms with Crippen molar-refractivity contribution in [3.05, 3.63) is 54.4 Å². The molecule has 0 atom stereocenters. The van der Waals surface area contributed by atoms with Gasteiger partial charge in [-0.25, -0.2) is 15.0 Å². The smallest absolute Gasteiger partial charge is 0.225 e. The third-order valence-corrected chi connectivity index (χ3v) is 4.77. The van der Waals surface area contributed by atoms with Gasteiger partial charge in [0.25, 0.3) is 0 Å². The molecule has 1 aliphatic rings. The van der Waals surface area contributed by atoms with Crippen LogP contribution in [0.5, 0.6) is 0 Å². The summed E-state index contributed by atoms with van der Waals surface area (Å²) in [5.41, 5.74) is 1.16. The zero-order valence-electron chi connectivity index (χ0n) is 17.6. The van der Waals surface area contributed by atoms with E-state index in [1.165, 1.54) is 0 Å². The number of carbonyl (C=O) groups excluding carboxylic acids is 1. The van der Waals surface area contributed by atoms with E-state index in [9.17, 15) is 4.79 Å². The molecule has 1 N–H and O–H groups in total. The molecule has 0 spiro atoms. The van der Waals surface area contributed by atoms with Crippen LogP contribution in [0.1, 0.15) is 12.0 Å². The van der Waals surface area contributed by atoms with Gasteiger partial charge in [-0.05, 0) is 11.6 Å². The Labute approximate surface area is 195 Å². The molecule has 9 heteroatoms. The Hall–Kier alpha value is -2.43. The van der Waals surface area contributed by atoms with E-state index in [1.54, 1.807) is 18.5 Å². The van der Waals surface area contributed by atoms with Crippen molar-refractivity contribution >= 4 is 41.8 Å². The summed E-state index contributed by atoms with van der Waals surface area (Å²) in [5.74, 6) is 1.67. The molecule has 2 aromatic rings. The van der Waals surface area contributed by atoms with Crippen LogP contribution in [0.4, 0.5) is 5.95 Å². The molecule has 1 saturated heterocycles. The summed E-state index contributed by atoms with van der Waals surface area (Å²) in [6.07, 6.45) is 3.93. The van der Waals surface area contributed by atoms with Crippen molar-refractivity contribution < 1.29 is 4.79 Å². The number of hydrogen-bond donors (Lipinski definition) is 1. The Morgan fingerprint density at radius 1 is 1.07 bits per heavy atom. The molecule has 1 aromatic carbocycles. The van der Waals surface area contributed by atoms with E-state index in [-0.39, 0.29) is 29.9 Å². The van der Waals surface area contributed by atoms with Crippen LogP contribution < -0.4 is 10.2 Å². The molecule has 0 aliphatic carbocycles. The minimum atomic E-state index is 0. The predicted molar refractivity (Wildman–Crippen MR) is 130 cm³/mol. The van der Waals surface area contributed by atoms with E-state index < -0.39 is 0 Å². The summed E-state index contributed by atoms with van der Waals surface area (Å²) in [7, 11) is 3.90. The number of piperazine rings is 1. The Morgan fingerprint density at radius 3 is 2.37 bits per heavy atom. The minimum absolute atomic E-state index is 0. The molecule has 3 rings (SSSR count). The van der Waals surface area contributed by atoms with Gasteiger partial charge in [0.1, 0.15) is 0 Å². The van der Waals surface area contributed by atoms with Crippen LogP contribution >= 0.6 is 24.0 Å². The monoisotopic (exact) mass is 523 g/mol. The first kappa shape index (κ1) is 23.8. The molecule has 0 unspecified atom stereocenters. The fourth-order valence-corrected chi connectivity index (χ4v) is 3.15. The maximum Gasteiger partial charge on any atom is 0.225 e. The van der Waals surface area contributed by atoms with Gasteiger partial charge in [0, 0.05) is 65.6 Å². The number of nitrogens with one attached hydrogen (secondary N) is 1. The van der Waals surface area contributed by atoms with Crippen molar-refractivity contribution in [2.24, 2.45) is 4.99 Å². The van der Waals surface area contributed by atoms with Crippen LogP contribution in [0.2, 0.25) is 0 Å². The van der Waals surface area contributed by atoms with E-state index in [0.29, 0.717) is 32.6 Å². The van der Waals surface area contributed by atoms with Crippen molar-refractivity contribution in [2.45, 2.75) is 13.0 Å². The first-order valence-electron chi connectivity index (χ1n) is 9.93. The Kier molecular flexibility index (Phi) is 9.78. The lowest BCUT2D eigenvalue weighted by atomic mass is 10.2. The first-order valence-corrected chi connectivity index (χ1v) is 9.93. The highest BCUT2D eigenvalue weighted by molar-refractivity contribution is 14.0. The van der Waals surface area contributed by atoms with Crippen LogP contribution in [0, 0.1) is 0 Å². The number of hydrogen-bond acceptors (Lipinski definition) is 5.